The molecule has 0 radical (unpaired) electrons. The number of para-hydroxylation sites is 5. The molecule has 0 bridgehead atoms. The van der Waals surface area contributed by atoms with Crippen molar-refractivity contribution in [2.24, 2.45) is 0 Å². The highest BCUT2D eigenvalue weighted by atomic mass is 16.3. The molecule has 0 aliphatic rings. The summed E-state index contributed by atoms with van der Waals surface area (Å²) in [6, 6.07) is 87.2. The van der Waals surface area contributed by atoms with Crippen molar-refractivity contribution in [3.63, 3.8) is 0 Å². The maximum Gasteiger partial charge on any atom is 0.143 e. The number of hydrogen-bond donors (Lipinski definition) is 0. The minimum atomic E-state index is 0.890. The second kappa shape index (κ2) is 15.3. The van der Waals surface area contributed by atoms with Gasteiger partial charge in [-0.2, -0.15) is 0 Å². The normalized spacial score (nSPS) is 11.5. The number of anilines is 3. The Balaban J connectivity index is 1.16. The van der Waals surface area contributed by atoms with Crippen molar-refractivity contribution < 1.29 is 4.42 Å². The SMILES string of the molecule is c1ccc(-c2cccc(-c3ccccc3N(c3ccc(-c4cccc5c4oc4ccccc45)cc3-c3ccccc3)c3cccc4c3c3ccccc3n4-c3ccccc3)c2)cc1. The summed E-state index contributed by atoms with van der Waals surface area (Å²) in [6.07, 6.45) is 0. The average molecular weight is 805 g/mol. The van der Waals surface area contributed by atoms with E-state index in [0.717, 1.165) is 89.1 Å². The second-order valence-electron chi connectivity index (χ2n) is 16.0. The number of benzene rings is 10. The molecule has 3 nitrogen and oxygen atoms in total. The molecule has 0 unspecified atom stereocenters. The van der Waals surface area contributed by atoms with E-state index in [0.29, 0.717) is 0 Å². The lowest BCUT2D eigenvalue weighted by Gasteiger charge is -2.31. The minimum absolute atomic E-state index is 0.890. The molecule has 0 aliphatic carbocycles. The Morgan fingerprint density at radius 1 is 0.317 bits per heavy atom. The highest BCUT2D eigenvalue weighted by molar-refractivity contribution is 6.17. The van der Waals surface area contributed by atoms with Gasteiger partial charge >= 0.3 is 0 Å². The van der Waals surface area contributed by atoms with Gasteiger partial charge in [0.1, 0.15) is 11.2 Å². The van der Waals surface area contributed by atoms with Crippen LogP contribution in [0.2, 0.25) is 0 Å². The second-order valence-corrected chi connectivity index (χ2v) is 16.0. The van der Waals surface area contributed by atoms with Crippen LogP contribution in [-0.2, 0) is 0 Å². The lowest BCUT2D eigenvalue weighted by atomic mass is 9.93. The lowest BCUT2D eigenvalue weighted by molar-refractivity contribution is 0.670. The first-order valence-electron chi connectivity index (χ1n) is 21.5. The largest absolute Gasteiger partial charge is 0.455 e. The van der Waals surface area contributed by atoms with E-state index in [1.54, 1.807) is 0 Å². The maximum atomic E-state index is 6.62. The van der Waals surface area contributed by atoms with Crippen LogP contribution in [0.1, 0.15) is 0 Å². The summed E-state index contributed by atoms with van der Waals surface area (Å²) in [5.74, 6) is 0. The van der Waals surface area contributed by atoms with Gasteiger partial charge in [-0.15, -0.1) is 0 Å². The molecule has 63 heavy (non-hydrogen) atoms. The molecule has 0 saturated heterocycles. The third-order valence-corrected chi connectivity index (χ3v) is 12.4. The van der Waals surface area contributed by atoms with Crippen LogP contribution in [0.5, 0.6) is 0 Å². The Labute approximate surface area is 366 Å². The molecule has 0 N–H and O–H groups in total. The van der Waals surface area contributed by atoms with Gasteiger partial charge in [-0.1, -0.05) is 182 Å². The van der Waals surface area contributed by atoms with Gasteiger partial charge in [-0.25, -0.2) is 0 Å². The molecule has 0 aliphatic heterocycles. The fourth-order valence-corrected chi connectivity index (χ4v) is 9.56. The predicted octanol–water partition coefficient (Wildman–Crippen LogP) is 16.8. The summed E-state index contributed by atoms with van der Waals surface area (Å²) >= 11 is 0. The number of aromatic nitrogens is 1. The molecule has 0 atom stereocenters. The van der Waals surface area contributed by atoms with Gasteiger partial charge in [0.05, 0.1) is 28.1 Å². The van der Waals surface area contributed by atoms with Gasteiger partial charge in [0, 0.05) is 43.9 Å². The summed E-state index contributed by atoms with van der Waals surface area (Å²) in [5, 5.41) is 4.61. The molecule has 12 aromatic rings. The van der Waals surface area contributed by atoms with Crippen LogP contribution in [0.15, 0.2) is 247 Å². The molecule has 0 amide bonds. The topological polar surface area (TPSA) is 21.3 Å². The van der Waals surface area contributed by atoms with Crippen LogP contribution < -0.4 is 4.90 Å². The first-order valence-corrected chi connectivity index (χ1v) is 21.5. The van der Waals surface area contributed by atoms with Gasteiger partial charge < -0.3 is 13.9 Å². The van der Waals surface area contributed by atoms with Crippen molar-refractivity contribution in [2.45, 2.75) is 0 Å². The van der Waals surface area contributed by atoms with Crippen molar-refractivity contribution >= 4 is 60.8 Å². The van der Waals surface area contributed by atoms with E-state index in [-0.39, 0.29) is 0 Å². The Morgan fingerprint density at radius 3 is 1.71 bits per heavy atom. The fraction of sp³-hybridized carbons (Fsp3) is 0. The zero-order valence-electron chi connectivity index (χ0n) is 34.4. The van der Waals surface area contributed by atoms with Gasteiger partial charge in [0.2, 0.25) is 0 Å². The summed E-state index contributed by atoms with van der Waals surface area (Å²) < 4.78 is 9.02. The van der Waals surface area contributed by atoms with Crippen molar-refractivity contribution in [1.82, 2.24) is 4.57 Å². The smallest absolute Gasteiger partial charge is 0.143 e. The number of nitrogens with zero attached hydrogens (tertiary/aromatic N) is 2. The van der Waals surface area contributed by atoms with Crippen LogP contribution in [0.3, 0.4) is 0 Å². The minimum Gasteiger partial charge on any atom is -0.455 e. The van der Waals surface area contributed by atoms with Gasteiger partial charge in [-0.3, -0.25) is 0 Å². The maximum absolute atomic E-state index is 6.62. The molecular formula is C60H40N2O. The van der Waals surface area contributed by atoms with E-state index in [1.165, 1.54) is 21.9 Å². The van der Waals surface area contributed by atoms with Crippen molar-refractivity contribution in [3.05, 3.63) is 243 Å². The van der Waals surface area contributed by atoms with E-state index in [4.69, 9.17) is 4.42 Å². The first kappa shape index (κ1) is 36.5. The standard InChI is InChI=1S/C60H40N2O/c1-4-19-41(20-5-1)43-23-16-24-44(39-43)47-27-10-13-32-53(47)62(57-35-18-34-56-59(57)51-29-11-14-33-54(51)61(56)46-25-8-3-9-26-46)55-38-37-45(40-52(55)42-21-6-2-7-22-42)48-30-17-31-50-49-28-12-15-36-58(49)63-60(48)50/h1-40H. The zero-order chi connectivity index (χ0) is 41.7. The number of furan rings is 1. The van der Waals surface area contributed by atoms with E-state index in [1.807, 2.05) is 6.07 Å². The van der Waals surface area contributed by atoms with Crippen LogP contribution >= 0.6 is 0 Å². The summed E-state index contributed by atoms with van der Waals surface area (Å²) in [5.41, 5.74) is 17.5. The van der Waals surface area contributed by atoms with Crippen molar-refractivity contribution in [1.29, 1.82) is 0 Å². The number of hydrogen-bond acceptors (Lipinski definition) is 2. The van der Waals surface area contributed by atoms with Crippen LogP contribution in [-0.4, -0.2) is 4.57 Å². The van der Waals surface area contributed by atoms with E-state index in [9.17, 15) is 0 Å². The molecule has 0 saturated carbocycles. The first-order chi connectivity index (χ1) is 31.3. The molecule has 296 valence electrons. The van der Waals surface area contributed by atoms with E-state index < -0.39 is 0 Å². The molecular weight excluding hydrogens is 765 g/mol. The highest BCUT2D eigenvalue weighted by Gasteiger charge is 2.26. The van der Waals surface area contributed by atoms with Gasteiger partial charge in [-0.05, 0) is 88.5 Å². The Hall–Kier alpha value is -8.40. The van der Waals surface area contributed by atoms with E-state index in [2.05, 4.69) is 246 Å². The molecule has 0 fully saturated rings. The molecule has 0 spiro atoms. The van der Waals surface area contributed by atoms with Crippen molar-refractivity contribution in [2.75, 3.05) is 4.90 Å². The summed E-state index contributed by atoms with van der Waals surface area (Å²) in [7, 11) is 0. The van der Waals surface area contributed by atoms with E-state index >= 15 is 0 Å². The molecule has 2 heterocycles. The zero-order valence-corrected chi connectivity index (χ0v) is 34.4. The van der Waals surface area contributed by atoms with Crippen LogP contribution in [0, 0.1) is 0 Å². The fourth-order valence-electron chi connectivity index (χ4n) is 9.56. The Kier molecular flexibility index (Phi) is 8.83. The van der Waals surface area contributed by atoms with Crippen LogP contribution in [0.25, 0.3) is 93.9 Å². The highest BCUT2D eigenvalue weighted by Crippen LogP contribution is 2.50. The quantitative estimate of drug-likeness (QED) is 0.153. The lowest BCUT2D eigenvalue weighted by Crippen LogP contribution is -2.13. The molecule has 12 rings (SSSR count). The number of rotatable bonds is 8. The van der Waals surface area contributed by atoms with Gasteiger partial charge in [0.15, 0.2) is 0 Å². The van der Waals surface area contributed by atoms with Crippen LogP contribution in [0.4, 0.5) is 17.1 Å². The molecule has 2 aromatic heterocycles. The van der Waals surface area contributed by atoms with Gasteiger partial charge in [0.25, 0.3) is 0 Å². The monoisotopic (exact) mass is 804 g/mol. The summed E-state index contributed by atoms with van der Waals surface area (Å²) in [6.45, 7) is 0. The third-order valence-electron chi connectivity index (χ3n) is 12.4. The Morgan fingerprint density at radius 2 is 0.873 bits per heavy atom. The van der Waals surface area contributed by atoms with Crippen molar-refractivity contribution in [3.8, 4) is 50.2 Å². The molecule has 10 aromatic carbocycles. The summed E-state index contributed by atoms with van der Waals surface area (Å²) in [4.78, 5) is 2.50. The number of fused-ring (bicyclic) bond motifs is 6. The molecule has 3 heteroatoms. The average Bonchev–Trinajstić information content (AvgIpc) is 3.92. The Bertz CT molecular complexity index is 3620. The predicted molar refractivity (Wildman–Crippen MR) is 264 cm³/mol. The third kappa shape index (κ3) is 6.21.